The molecule has 0 spiro atoms. The zero-order valence-electron chi connectivity index (χ0n) is 12.9. The number of fused-ring (bicyclic) bond motifs is 2. The number of rotatable bonds is 1. The third-order valence-corrected chi connectivity index (χ3v) is 4.24. The standard InChI is InChI=1S/C16H14F2N4O2/c1-9-8-24-13-5-10(17)11(6-12(13)20(9)2)22-15(23)7-14(18)21-4-3-19-16(21)22/h5-7H,1,3-4,8H2,2H3. The number of carbonyl (C=O) groups excluding carboxylic acids is 1. The minimum atomic E-state index is -0.681. The Hall–Kier alpha value is -2.90. The van der Waals surface area contributed by atoms with Gasteiger partial charge in [-0.1, -0.05) is 6.58 Å². The van der Waals surface area contributed by atoms with Crippen molar-refractivity contribution in [3.05, 3.63) is 42.3 Å². The second-order valence-corrected chi connectivity index (χ2v) is 5.66. The van der Waals surface area contributed by atoms with Crippen LogP contribution in [-0.2, 0) is 4.79 Å². The fourth-order valence-electron chi connectivity index (χ4n) is 2.91. The molecular formula is C16H14F2N4O2. The summed E-state index contributed by atoms with van der Waals surface area (Å²) in [5.41, 5.74) is 1.28. The van der Waals surface area contributed by atoms with Gasteiger partial charge in [0.05, 0.1) is 24.0 Å². The van der Waals surface area contributed by atoms with E-state index in [4.69, 9.17) is 4.74 Å². The third-order valence-electron chi connectivity index (χ3n) is 4.24. The van der Waals surface area contributed by atoms with Crippen LogP contribution in [0.15, 0.2) is 41.4 Å². The van der Waals surface area contributed by atoms with Gasteiger partial charge in [0, 0.05) is 25.4 Å². The average Bonchev–Trinajstić information content (AvgIpc) is 3.02. The van der Waals surface area contributed by atoms with Gasteiger partial charge in [0.2, 0.25) is 11.9 Å². The molecule has 0 aromatic heterocycles. The second kappa shape index (κ2) is 5.05. The average molecular weight is 332 g/mol. The molecule has 1 aromatic rings. The van der Waals surface area contributed by atoms with Crippen molar-refractivity contribution < 1.29 is 18.3 Å². The van der Waals surface area contributed by atoms with Crippen LogP contribution in [0.2, 0.25) is 0 Å². The molecule has 1 aromatic carbocycles. The summed E-state index contributed by atoms with van der Waals surface area (Å²) in [5.74, 6) is -1.55. The van der Waals surface area contributed by atoms with Gasteiger partial charge in [-0.2, -0.15) is 4.39 Å². The van der Waals surface area contributed by atoms with Crippen molar-refractivity contribution in [3.8, 4) is 5.75 Å². The maximum absolute atomic E-state index is 14.6. The molecule has 0 saturated heterocycles. The summed E-state index contributed by atoms with van der Waals surface area (Å²) in [6.45, 7) is 4.79. The number of nitrogens with zero attached hydrogens (tertiary/aromatic N) is 4. The zero-order valence-corrected chi connectivity index (χ0v) is 12.9. The van der Waals surface area contributed by atoms with Crippen molar-refractivity contribution in [1.82, 2.24) is 4.90 Å². The summed E-state index contributed by atoms with van der Waals surface area (Å²) in [6.07, 6.45) is 0.836. The van der Waals surface area contributed by atoms with E-state index in [-0.39, 0.29) is 18.3 Å². The maximum Gasteiger partial charge on any atom is 0.262 e. The van der Waals surface area contributed by atoms with Gasteiger partial charge in [-0.05, 0) is 6.07 Å². The van der Waals surface area contributed by atoms with E-state index in [9.17, 15) is 13.6 Å². The van der Waals surface area contributed by atoms with Gasteiger partial charge < -0.3 is 9.64 Å². The lowest BCUT2D eigenvalue weighted by molar-refractivity contribution is -0.113. The highest BCUT2D eigenvalue weighted by Crippen LogP contribution is 2.40. The summed E-state index contributed by atoms with van der Waals surface area (Å²) in [4.78, 5) is 20.5. The van der Waals surface area contributed by atoms with Crippen molar-refractivity contribution >= 4 is 23.2 Å². The Morgan fingerprint density at radius 2 is 2.08 bits per heavy atom. The summed E-state index contributed by atoms with van der Waals surface area (Å²) < 4.78 is 34.0. The first-order valence-electron chi connectivity index (χ1n) is 7.38. The number of benzene rings is 1. The predicted molar refractivity (Wildman–Crippen MR) is 85.1 cm³/mol. The molecule has 6 nitrogen and oxygen atoms in total. The summed E-state index contributed by atoms with van der Waals surface area (Å²) >= 11 is 0. The first kappa shape index (κ1) is 14.7. The number of likely N-dealkylation sites (N-methyl/N-ethyl adjacent to an activating group) is 1. The largest absolute Gasteiger partial charge is 0.485 e. The minimum absolute atomic E-state index is 0.00157. The van der Waals surface area contributed by atoms with Crippen LogP contribution in [0.25, 0.3) is 0 Å². The van der Waals surface area contributed by atoms with Gasteiger partial charge in [0.15, 0.2) is 5.82 Å². The normalized spacial score (nSPS) is 19.7. The Balaban J connectivity index is 1.85. The monoisotopic (exact) mass is 332 g/mol. The number of carbonyl (C=O) groups is 1. The van der Waals surface area contributed by atoms with E-state index < -0.39 is 17.7 Å². The van der Waals surface area contributed by atoms with E-state index in [2.05, 4.69) is 11.6 Å². The predicted octanol–water partition coefficient (Wildman–Crippen LogP) is 2.00. The lowest BCUT2D eigenvalue weighted by Crippen LogP contribution is -2.48. The first-order chi connectivity index (χ1) is 11.5. The van der Waals surface area contributed by atoms with E-state index in [1.165, 1.54) is 17.0 Å². The van der Waals surface area contributed by atoms with Crippen LogP contribution in [0.3, 0.4) is 0 Å². The molecule has 124 valence electrons. The van der Waals surface area contributed by atoms with Gasteiger partial charge in [-0.25, -0.2) is 9.29 Å². The maximum atomic E-state index is 14.6. The molecule has 4 rings (SSSR count). The van der Waals surface area contributed by atoms with Crippen LogP contribution in [0, 0.1) is 5.82 Å². The molecule has 8 heteroatoms. The molecule has 0 saturated carbocycles. The SMILES string of the molecule is C=C1COc2cc(F)c(N3C(=O)C=C(F)N4CCN=C43)cc2N1C. The van der Waals surface area contributed by atoms with E-state index in [1.807, 2.05) is 0 Å². The molecule has 0 atom stereocenters. The molecule has 3 aliphatic rings. The van der Waals surface area contributed by atoms with Crippen molar-refractivity contribution in [2.24, 2.45) is 4.99 Å². The van der Waals surface area contributed by atoms with Crippen molar-refractivity contribution in [1.29, 1.82) is 0 Å². The summed E-state index contributed by atoms with van der Waals surface area (Å²) in [5, 5.41) is 0. The Morgan fingerprint density at radius 3 is 2.88 bits per heavy atom. The van der Waals surface area contributed by atoms with Crippen LogP contribution in [0.1, 0.15) is 0 Å². The molecule has 0 aliphatic carbocycles. The number of hydrogen-bond acceptors (Lipinski definition) is 5. The summed E-state index contributed by atoms with van der Waals surface area (Å²) in [6, 6.07) is 2.71. The quantitative estimate of drug-likeness (QED) is 0.738. The molecule has 0 N–H and O–H groups in total. The number of amides is 1. The highest BCUT2D eigenvalue weighted by molar-refractivity contribution is 6.22. The summed E-state index contributed by atoms with van der Waals surface area (Å²) in [7, 11) is 1.78. The number of aliphatic imine (C=N–C) groups is 1. The van der Waals surface area contributed by atoms with E-state index >= 15 is 0 Å². The second-order valence-electron chi connectivity index (χ2n) is 5.66. The topological polar surface area (TPSA) is 48.4 Å². The number of guanidine groups is 1. The van der Waals surface area contributed by atoms with Gasteiger partial charge in [-0.15, -0.1) is 0 Å². The van der Waals surface area contributed by atoms with E-state index in [1.54, 1.807) is 11.9 Å². The molecule has 24 heavy (non-hydrogen) atoms. The van der Waals surface area contributed by atoms with Crippen LogP contribution in [0.5, 0.6) is 5.75 Å². The molecule has 3 heterocycles. The third kappa shape index (κ3) is 1.99. The molecule has 0 bridgehead atoms. The molecule has 1 amide bonds. The van der Waals surface area contributed by atoms with Gasteiger partial charge in [0.25, 0.3) is 5.91 Å². The molecular weight excluding hydrogens is 318 g/mol. The zero-order chi connectivity index (χ0) is 17.0. The molecule has 0 radical (unpaired) electrons. The van der Waals surface area contributed by atoms with Crippen LogP contribution >= 0.6 is 0 Å². The fourth-order valence-corrected chi connectivity index (χ4v) is 2.91. The molecule has 0 fully saturated rings. The smallest absolute Gasteiger partial charge is 0.262 e. The van der Waals surface area contributed by atoms with Gasteiger partial charge in [0.1, 0.15) is 12.4 Å². The minimum Gasteiger partial charge on any atom is -0.485 e. The van der Waals surface area contributed by atoms with Crippen LogP contribution in [0.4, 0.5) is 20.2 Å². The lowest BCUT2D eigenvalue weighted by Gasteiger charge is -2.34. The van der Waals surface area contributed by atoms with Crippen molar-refractivity contribution in [2.45, 2.75) is 0 Å². The van der Waals surface area contributed by atoms with E-state index in [0.29, 0.717) is 30.2 Å². The Labute approximate surface area is 136 Å². The fraction of sp³-hybridized carbons (Fsp3) is 0.250. The van der Waals surface area contributed by atoms with Crippen LogP contribution < -0.4 is 14.5 Å². The molecule has 3 aliphatic heterocycles. The molecule has 0 unspecified atom stereocenters. The van der Waals surface area contributed by atoms with E-state index in [0.717, 1.165) is 11.0 Å². The number of anilines is 2. The Bertz CT molecular complexity index is 834. The van der Waals surface area contributed by atoms with Gasteiger partial charge in [-0.3, -0.25) is 14.7 Å². The van der Waals surface area contributed by atoms with Crippen molar-refractivity contribution in [3.63, 3.8) is 0 Å². The Morgan fingerprint density at radius 1 is 1.29 bits per heavy atom. The highest BCUT2D eigenvalue weighted by atomic mass is 19.1. The highest BCUT2D eigenvalue weighted by Gasteiger charge is 2.37. The Kier molecular flexibility index (Phi) is 3.09. The number of hydrogen-bond donors (Lipinski definition) is 0. The van der Waals surface area contributed by atoms with Crippen LogP contribution in [-0.4, -0.2) is 43.5 Å². The number of ether oxygens (including phenoxy) is 1. The lowest BCUT2D eigenvalue weighted by atomic mass is 10.1. The number of halogens is 2. The van der Waals surface area contributed by atoms with Gasteiger partial charge >= 0.3 is 0 Å². The van der Waals surface area contributed by atoms with Crippen molar-refractivity contribution in [2.75, 3.05) is 36.5 Å². The first-order valence-corrected chi connectivity index (χ1v) is 7.38.